The molecule has 1 fully saturated rings. The number of amides is 1. The third-order valence-corrected chi connectivity index (χ3v) is 4.08. The summed E-state index contributed by atoms with van der Waals surface area (Å²) < 4.78 is 6.22. The van der Waals surface area contributed by atoms with Crippen LogP contribution in [0.5, 0.6) is 0 Å². The largest absolute Gasteiger partial charge is 0.444 e. The topological polar surface area (TPSA) is 55.3 Å². The van der Waals surface area contributed by atoms with Gasteiger partial charge in [-0.3, -0.25) is 4.98 Å². The van der Waals surface area contributed by atoms with Crippen LogP contribution in [0.3, 0.4) is 0 Å². The maximum absolute atomic E-state index is 12.1. The highest BCUT2D eigenvalue weighted by atomic mass is 79.9. The normalized spacial score (nSPS) is 19.6. The molecule has 0 saturated carbocycles. The van der Waals surface area contributed by atoms with Crippen molar-refractivity contribution in [2.45, 2.75) is 52.1 Å². The molecule has 2 rings (SSSR count). The average molecular weight is 370 g/mol. The molecule has 1 amide bonds. The number of rotatable bonds is 2. The highest BCUT2D eigenvalue weighted by Crippen LogP contribution is 2.22. The summed E-state index contributed by atoms with van der Waals surface area (Å²) in [5.41, 5.74) is 0.578. The van der Waals surface area contributed by atoms with Gasteiger partial charge in [-0.25, -0.2) is 9.78 Å². The number of carbonyl (C=O) groups excluding carboxylic acids is 1. The van der Waals surface area contributed by atoms with Crippen molar-refractivity contribution in [3.63, 3.8) is 0 Å². The minimum Gasteiger partial charge on any atom is -0.444 e. The molecule has 1 aromatic rings. The fraction of sp³-hybridized carbons (Fsp3) is 0.688. The molecule has 1 aliphatic rings. The van der Waals surface area contributed by atoms with Crippen LogP contribution in [-0.2, 0) is 11.2 Å². The molecule has 2 heterocycles. The van der Waals surface area contributed by atoms with Crippen LogP contribution in [0.25, 0.3) is 0 Å². The number of hydrogen-bond acceptors (Lipinski definition) is 4. The van der Waals surface area contributed by atoms with E-state index in [-0.39, 0.29) is 6.09 Å². The minimum atomic E-state index is -0.435. The maximum atomic E-state index is 12.1. The van der Waals surface area contributed by atoms with E-state index in [0.717, 1.165) is 49.1 Å². The van der Waals surface area contributed by atoms with Crippen LogP contribution in [0.1, 0.15) is 45.7 Å². The first-order chi connectivity index (χ1) is 10.3. The van der Waals surface area contributed by atoms with Crippen LogP contribution in [-0.4, -0.2) is 39.7 Å². The zero-order valence-electron chi connectivity index (χ0n) is 13.5. The predicted octanol–water partition coefficient (Wildman–Crippen LogP) is 3.82. The summed E-state index contributed by atoms with van der Waals surface area (Å²) in [6.45, 7) is 7.23. The van der Waals surface area contributed by atoms with Crippen molar-refractivity contribution in [3.05, 3.63) is 22.7 Å². The van der Waals surface area contributed by atoms with E-state index < -0.39 is 5.60 Å². The summed E-state index contributed by atoms with van der Waals surface area (Å²) in [7, 11) is 0. The first-order valence-corrected chi connectivity index (χ1v) is 8.57. The smallest absolute Gasteiger partial charge is 0.410 e. The van der Waals surface area contributed by atoms with Crippen molar-refractivity contribution in [2.24, 2.45) is 5.92 Å². The fourth-order valence-electron chi connectivity index (χ4n) is 2.62. The van der Waals surface area contributed by atoms with Gasteiger partial charge in [-0.1, -0.05) is 0 Å². The van der Waals surface area contributed by atoms with Crippen molar-refractivity contribution < 1.29 is 9.53 Å². The van der Waals surface area contributed by atoms with E-state index in [0.29, 0.717) is 5.92 Å². The molecule has 1 atom stereocenters. The molecule has 5 nitrogen and oxygen atoms in total. The number of ether oxygens (including phenoxy) is 1. The predicted molar refractivity (Wildman–Crippen MR) is 88.6 cm³/mol. The van der Waals surface area contributed by atoms with Crippen LogP contribution in [0.15, 0.2) is 17.0 Å². The summed E-state index contributed by atoms with van der Waals surface area (Å²) in [6.07, 6.45) is 7.38. The summed E-state index contributed by atoms with van der Waals surface area (Å²) in [4.78, 5) is 22.6. The molecule has 0 N–H and O–H groups in total. The van der Waals surface area contributed by atoms with Gasteiger partial charge in [0.15, 0.2) is 0 Å². The molecule has 0 aliphatic carbocycles. The first-order valence-electron chi connectivity index (χ1n) is 7.78. The van der Waals surface area contributed by atoms with E-state index in [4.69, 9.17) is 4.74 Å². The number of hydrogen-bond donors (Lipinski definition) is 0. The van der Waals surface area contributed by atoms with E-state index in [1.165, 1.54) is 0 Å². The Morgan fingerprint density at radius 1 is 1.32 bits per heavy atom. The van der Waals surface area contributed by atoms with Gasteiger partial charge in [0.1, 0.15) is 10.2 Å². The van der Waals surface area contributed by atoms with Gasteiger partial charge in [0.05, 0.1) is 11.9 Å². The van der Waals surface area contributed by atoms with Gasteiger partial charge in [-0.15, -0.1) is 0 Å². The van der Waals surface area contributed by atoms with Gasteiger partial charge < -0.3 is 9.64 Å². The standard InChI is InChI=1S/C16H24BrN3O2/c1-16(2,3)22-15(21)20-7-4-5-12(6-8-20)9-13-10-19-14(17)11-18-13/h10-12H,4-9H2,1-3H3/t12-/m1/s1. The Morgan fingerprint density at radius 2 is 2.09 bits per heavy atom. The Kier molecular flexibility index (Phi) is 5.78. The summed E-state index contributed by atoms with van der Waals surface area (Å²) in [5, 5.41) is 0. The molecule has 1 aliphatic heterocycles. The SMILES string of the molecule is CC(C)(C)OC(=O)N1CCC[C@@H](Cc2cnc(Br)cn2)CC1. The Bertz CT molecular complexity index is 499. The van der Waals surface area contributed by atoms with E-state index in [2.05, 4.69) is 25.9 Å². The first kappa shape index (κ1) is 17.2. The van der Waals surface area contributed by atoms with Gasteiger partial charge in [-0.2, -0.15) is 0 Å². The van der Waals surface area contributed by atoms with Crippen LogP contribution < -0.4 is 0 Å². The van der Waals surface area contributed by atoms with Crippen molar-refractivity contribution in [1.29, 1.82) is 0 Å². The lowest BCUT2D eigenvalue weighted by Crippen LogP contribution is -2.37. The third-order valence-electron chi connectivity index (χ3n) is 3.67. The van der Waals surface area contributed by atoms with E-state index in [9.17, 15) is 4.79 Å². The van der Waals surface area contributed by atoms with Gasteiger partial charge in [-0.05, 0) is 68.3 Å². The molecular weight excluding hydrogens is 346 g/mol. The molecule has 0 aromatic carbocycles. The second-order valence-electron chi connectivity index (χ2n) is 6.80. The number of halogens is 1. The highest BCUT2D eigenvalue weighted by Gasteiger charge is 2.25. The number of likely N-dealkylation sites (tertiary alicyclic amines) is 1. The monoisotopic (exact) mass is 369 g/mol. The zero-order chi connectivity index (χ0) is 16.2. The third kappa shape index (κ3) is 5.55. The molecule has 0 spiro atoms. The quantitative estimate of drug-likeness (QED) is 0.794. The Morgan fingerprint density at radius 3 is 2.73 bits per heavy atom. The molecule has 22 heavy (non-hydrogen) atoms. The van der Waals surface area contributed by atoms with Gasteiger partial charge in [0.2, 0.25) is 0 Å². The molecule has 1 aromatic heterocycles. The summed E-state index contributed by atoms with van der Waals surface area (Å²) in [6, 6.07) is 0. The van der Waals surface area contributed by atoms with Crippen LogP contribution in [0.2, 0.25) is 0 Å². The Hall–Kier alpha value is -1.17. The van der Waals surface area contributed by atoms with Crippen molar-refractivity contribution in [3.8, 4) is 0 Å². The zero-order valence-corrected chi connectivity index (χ0v) is 15.1. The van der Waals surface area contributed by atoms with E-state index in [1.54, 1.807) is 6.20 Å². The number of carbonyl (C=O) groups is 1. The molecule has 0 unspecified atom stereocenters. The summed E-state index contributed by atoms with van der Waals surface area (Å²) >= 11 is 3.30. The molecule has 1 saturated heterocycles. The second-order valence-corrected chi connectivity index (χ2v) is 7.61. The molecule has 0 radical (unpaired) electrons. The van der Waals surface area contributed by atoms with Crippen LogP contribution in [0, 0.1) is 5.92 Å². The molecule has 0 bridgehead atoms. The van der Waals surface area contributed by atoms with Crippen molar-refractivity contribution in [2.75, 3.05) is 13.1 Å². The van der Waals surface area contributed by atoms with Crippen LogP contribution >= 0.6 is 15.9 Å². The molecule has 6 heteroatoms. The lowest BCUT2D eigenvalue weighted by molar-refractivity contribution is 0.0255. The second kappa shape index (κ2) is 7.40. The lowest BCUT2D eigenvalue weighted by atomic mass is 9.95. The maximum Gasteiger partial charge on any atom is 0.410 e. The minimum absolute atomic E-state index is 0.198. The molecular formula is C16H24BrN3O2. The van der Waals surface area contributed by atoms with Crippen LogP contribution in [0.4, 0.5) is 4.79 Å². The van der Waals surface area contributed by atoms with E-state index in [1.807, 2.05) is 31.9 Å². The Balaban J connectivity index is 1.87. The number of aromatic nitrogens is 2. The summed E-state index contributed by atoms with van der Waals surface area (Å²) in [5.74, 6) is 0.544. The Labute approximate surface area is 140 Å². The van der Waals surface area contributed by atoms with Crippen molar-refractivity contribution >= 4 is 22.0 Å². The highest BCUT2D eigenvalue weighted by molar-refractivity contribution is 9.10. The van der Waals surface area contributed by atoms with Crippen molar-refractivity contribution in [1.82, 2.24) is 14.9 Å². The number of nitrogens with zero attached hydrogens (tertiary/aromatic N) is 3. The average Bonchev–Trinajstić information content (AvgIpc) is 2.65. The molecule has 122 valence electrons. The fourth-order valence-corrected chi connectivity index (χ4v) is 2.82. The van der Waals surface area contributed by atoms with Gasteiger partial charge in [0.25, 0.3) is 0 Å². The van der Waals surface area contributed by atoms with Gasteiger partial charge in [0, 0.05) is 19.3 Å². The lowest BCUT2D eigenvalue weighted by Gasteiger charge is -2.26. The van der Waals surface area contributed by atoms with E-state index >= 15 is 0 Å². The van der Waals surface area contributed by atoms with Gasteiger partial charge >= 0.3 is 6.09 Å².